The Morgan fingerprint density at radius 1 is 0.771 bits per heavy atom. The minimum atomic E-state index is -0.171. The van der Waals surface area contributed by atoms with Crippen LogP contribution in [0.15, 0.2) is 48.5 Å². The van der Waals surface area contributed by atoms with Crippen LogP contribution in [0.5, 0.6) is 23.0 Å². The van der Waals surface area contributed by atoms with Crippen LogP contribution in [0.3, 0.4) is 0 Å². The summed E-state index contributed by atoms with van der Waals surface area (Å²) in [6, 6.07) is 14.6. The molecule has 0 unspecified atom stereocenters. The highest BCUT2D eigenvalue weighted by atomic mass is 16.5. The van der Waals surface area contributed by atoms with E-state index in [-0.39, 0.29) is 6.03 Å². The third-order valence-corrected chi connectivity index (χ3v) is 5.82. The molecule has 0 atom stereocenters. The molecule has 1 saturated heterocycles. The van der Waals surface area contributed by atoms with Gasteiger partial charge < -0.3 is 34.1 Å². The second-order valence-corrected chi connectivity index (χ2v) is 7.85. The van der Waals surface area contributed by atoms with Crippen molar-refractivity contribution in [3.8, 4) is 34.3 Å². The number of urea groups is 1. The van der Waals surface area contributed by atoms with Crippen molar-refractivity contribution in [1.82, 2.24) is 15.1 Å². The molecule has 1 aliphatic rings. The molecule has 10 heteroatoms. The second kappa shape index (κ2) is 10.8. The smallest absolute Gasteiger partial charge is 0.321 e. The van der Waals surface area contributed by atoms with Crippen LogP contribution in [-0.2, 0) is 0 Å². The third-order valence-electron chi connectivity index (χ3n) is 5.82. The number of amides is 2. The molecule has 4 rings (SSSR count). The Morgan fingerprint density at radius 2 is 1.46 bits per heavy atom. The van der Waals surface area contributed by atoms with Gasteiger partial charge in [-0.05, 0) is 30.3 Å². The quantitative estimate of drug-likeness (QED) is 0.550. The van der Waals surface area contributed by atoms with Crippen molar-refractivity contribution in [1.29, 1.82) is 0 Å². The summed E-state index contributed by atoms with van der Waals surface area (Å²) in [5, 5.41) is 11.7. The minimum Gasteiger partial charge on any atom is -0.497 e. The Hall–Kier alpha value is -4.21. The SMILES string of the molecule is COc1cc(NC(=O)N2CCN(c3ccc(-c4ccc(OC)c(OC)c4)nn3)CC2)cc(OC)c1. The van der Waals surface area contributed by atoms with E-state index in [1.807, 2.05) is 30.3 Å². The molecule has 35 heavy (non-hydrogen) atoms. The molecule has 184 valence electrons. The van der Waals surface area contributed by atoms with Gasteiger partial charge in [-0.3, -0.25) is 0 Å². The first-order chi connectivity index (χ1) is 17.0. The van der Waals surface area contributed by atoms with Gasteiger partial charge >= 0.3 is 6.03 Å². The Bertz CT molecular complexity index is 1140. The van der Waals surface area contributed by atoms with Gasteiger partial charge in [0, 0.05) is 55.6 Å². The molecule has 1 fully saturated rings. The lowest BCUT2D eigenvalue weighted by molar-refractivity contribution is 0.208. The van der Waals surface area contributed by atoms with Crippen LogP contribution in [0, 0.1) is 0 Å². The van der Waals surface area contributed by atoms with Crippen molar-refractivity contribution in [2.24, 2.45) is 0 Å². The highest BCUT2D eigenvalue weighted by Crippen LogP contribution is 2.32. The van der Waals surface area contributed by atoms with E-state index in [1.54, 1.807) is 51.5 Å². The number of hydrogen-bond acceptors (Lipinski definition) is 8. The van der Waals surface area contributed by atoms with Crippen molar-refractivity contribution < 1.29 is 23.7 Å². The summed E-state index contributed by atoms with van der Waals surface area (Å²) in [5.41, 5.74) is 2.24. The number of methoxy groups -OCH3 is 4. The fourth-order valence-electron chi connectivity index (χ4n) is 3.86. The molecule has 0 bridgehead atoms. The lowest BCUT2D eigenvalue weighted by atomic mass is 10.1. The number of rotatable bonds is 7. The third kappa shape index (κ3) is 5.48. The summed E-state index contributed by atoms with van der Waals surface area (Å²) in [6.07, 6.45) is 0. The maximum atomic E-state index is 12.8. The number of nitrogens with zero attached hydrogens (tertiary/aromatic N) is 4. The highest BCUT2D eigenvalue weighted by molar-refractivity contribution is 5.90. The Kier molecular flexibility index (Phi) is 7.39. The molecule has 1 aliphatic heterocycles. The predicted octanol–water partition coefficient (Wildman–Crippen LogP) is 3.53. The van der Waals surface area contributed by atoms with E-state index in [2.05, 4.69) is 20.4 Å². The van der Waals surface area contributed by atoms with Crippen LogP contribution in [0.4, 0.5) is 16.3 Å². The number of nitrogens with one attached hydrogen (secondary N) is 1. The fraction of sp³-hybridized carbons (Fsp3) is 0.320. The molecule has 3 aromatic rings. The molecular weight excluding hydrogens is 450 g/mol. The van der Waals surface area contributed by atoms with Gasteiger partial charge in [0.25, 0.3) is 0 Å². The number of carbonyl (C=O) groups excluding carboxylic acids is 1. The first-order valence-corrected chi connectivity index (χ1v) is 11.1. The summed E-state index contributed by atoms with van der Waals surface area (Å²) >= 11 is 0. The van der Waals surface area contributed by atoms with E-state index >= 15 is 0 Å². The van der Waals surface area contributed by atoms with Crippen LogP contribution in [-0.4, -0.2) is 75.7 Å². The standard InChI is InChI=1S/C25H29N5O5/c1-32-19-14-18(15-20(16-19)33-2)26-25(31)30-11-9-29(10-12-30)24-8-6-21(27-28-24)17-5-7-22(34-3)23(13-17)35-4/h5-8,13-16H,9-12H2,1-4H3,(H,26,31). The highest BCUT2D eigenvalue weighted by Gasteiger charge is 2.22. The molecule has 0 radical (unpaired) electrons. The number of hydrogen-bond donors (Lipinski definition) is 1. The van der Waals surface area contributed by atoms with E-state index < -0.39 is 0 Å². The predicted molar refractivity (Wildman–Crippen MR) is 133 cm³/mol. The van der Waals surface area contributed by atoms with E-state index in [4.69, 9.17) is 18.9 Å². The van der Waals surface area contributed by atoms with Crippen molar-refractivity contribution in [3.63, 3.8) is 0 Å². The van der Waals surface area contributed by atoms with Gasteiger partial charge in [-0.1, -0.05) is 0 Å². The van der Waals surface area contributed by atoms with Gasteiger partial charge in [0.2, 0.25) is 0 Å². The van der Waals surface area contributed by atoms with Crippen LogP contribution in [0.1, 0.15) is 0 Å². The summed E-state index contributed by atoms with van der Waals surface area (Å²) in [5.74, 6) is 3.29. The van der Waals surface area contributed by atoms with E-state index in [9.17, 15) is 4.79 Å². The number of ether oxygens (including phenoxy) is 4. The summed E-state index contributed by atoms with van der Waals surface area (Å²) < 4.78 is 21.2. The van der Waals surface area contributed by atoms with E-state index in [0.717, 1.165) is 17.1 Å². The summed E-state index contributed by atoms with van der Waals surface area (Å²) in [6.45, 7) is 2.43. The van der Waals surface area contributed by atoms with Gasteiger partial charge in [0.05, 0.1) is 34.1 Å². The number of aromatic nitrogens is 2. The van der Waals surface area contributed by atoms with Crippen molar-refractivity contribution in [2.75, 3.05) is 64.8 Å². The molecule has 0 saturated carbocycles. The second-order valence-electron chi connectivity index (χ2n) is 7.85. The van der Waals surface area contributed by atoms with Crippen LogP contribution >= 0.6 is 0 Å². The first-order valence-electron chi connectivity index (χ1n) is 11.1. The average Bonchev–Trinajstić information content (AvgIpc) is 2.92. The molecule has 2 heterocycles. The Balaban J connectivity index is 1.36. The lowest BCUT2D eigenvalue weighted by Gasteiger charge is -2.35. The lowest BCUT2D eigenvalue weighted by Crippen LogP contribution is -2.50. The van der Waals surface area contributed by atoms with Crippen LogP contribution < -0.4 is 29.2 Å². The summed E-state index contributed by atoms with van der Waals surface area (Å²) in [7, 11) is 6.35. The van der Waals surface area contributed by atoms with Crippen molar-refractivity contribution in [2.45, 2.75) is 0 Å². The largest absolute Gasteiger partial charge is 0.497 e. The van der Waals surface area contributed by atoms with Gasteiger partial charge in [0.15, 0.2) is 17.3 Å². The van der Waals surface area contributed by atoms with Gasteiger partial charge in [-0.2, -0.15) is 0 Å². The molecule has 1 N–H and O–H groups in total. The topological polar surface area (TPSA) is 98.3 Å². The van der Waals surface area contributed by atoms with Gasteiger partial charge in [-0.15, -0.1) is 10.2 Å². The molecule has 0 aliphatic carbocycles. The monoisotopic (exact) mass is 479 g/mol. The Morgan fingerprint density at radius 3 is 2.03 bits per heavy atom. The number of carbonyl (C=O) groups is 1. The number of benzene rings is 2. The normalized spacial score (nSPS) is 13.3. The van der Waals surface area contributed by atoms with E-state index in [1.165, 1.54) is 0 Å². The first kappa shape index (κ1) is 23.9. The summed E-state index contributed by atoms with van der Waals surface area (Å²) in [4.78, 5) is 16.7. The number of piperazine rings is 1. The van der Waals surface area contributed by atoms with Crippen molar-refractivity contribution >= 4 is 17.5 Å². The molecule has 0 spiro atoms. The van der Waals surface area contributed by atoms with E-state index in [0.29, 0.717) is 54.9 Å². The average molecular weight is 480 g/mol. The maximum absolute atomic E-state index is 12.8. The molecule has 2 aromatic carbocycles. The molecule has 2 amide bonds. The van der Waals surface area contributed by atoms with Gasteiger partial charge in [0.1, 0.15) is 11.5 Å². The zero-order valence-corrected chi connectivity index (χ0v) is 20.3. The molecule has 1 aromatic heterocycles. The fourth-order valence-corrected chi connectivity index (χ4v) is 3.86. The van der Waals surface area contributed by atoms with Gasteiger partial charge in [-0.25, -0.2) is 4.79 Å². The van der Waals surface area contributed by atoms with Crippen LogP contribution in [0.25, 0.3) is 11.3 Å². The molecule has 10 nitrogen and oxygen atoms in total. The molecular formula is C25H29N5O5. The number of anilines is 2. The maximum Gasteiger partial charge on any atom is 0.321 e. The zero-order valence-electron chi connectivity index (χ0n) is 20.3. The Labute approximate surface area is 204 Å². The minimum absolute atomic E-state index is 0.171. The van der Waals surface area contributed by atoms with Crippen molar-refractivity contribution in [3.05, 3.63) is 48.5 Å². The van der Waals surface area contributed by atoms with Crippen LogP contribution in [0.2, 0.25) is 0 Å². The zero-order chi connectivity index (χ0) is 24.8.